The van der Waals surface area contributed by atoms with Gasteiger partial charge in [-0.3, -0.25) is 9.63 Å². The Morgan fingerprint density at radius 2 is 2.13 bits per heavy atom. The number of rotatable bonds is 6. The number of esters is 1. The highest BCUT2D eigenvalue weighted by Gasteiger charge is 2.39. The molecule has 1 amide bonds. The predicted octanol–water partition coefficient (Wildman–Crippen LogP) is 0.545. The van der Waals surface area contributed by atoms with Crippen molar-refractivity contribution in [3.05, 3.63) is 35.9 Å². The van der Waals surface area contributed by atoms with Crippen molar-refractivity contribution in [2.75, 3.05) is 6.61 Å². The Balaban J connectivity index is 2.07. The van der Waals surface area contributed by atoms with Gasteiger partial charge in [0, 0.05) is 6.42 Å². The second kappa shape index (κ2) is 8.05. The molecule has 3 atom stereocenters. The zero-order valence-corrected chi connectivity index (χ0v) is 13.4. The van der Waals surface area contributed by atoms with Crippen molar-refractivity contribution in [1.82, 2.24) is 10.4 Å². The van der Waals surface area contributed by atoms with Gasteiger partial charge in [0.25, 0.3) is 0 Å². The van der Waals surface area contributed by atoms with Crippen molar-refractivity contribution in [1.29, 1.82) is 0 Å². The first-order chi connectivity index (χ1) is 11.0. The maximum absolute atomic E-state index is 11.9. The maximum Gasteiger partial charge on any atom is 0.337 e. The van der Waals surface area contributed by atoms with E-state index in [9.17, 15) is 9.59 Å². The van der Waals surface area contributed by atoms with Gasteiger partial charge in [-0.05, 0) is 19.4 Å². The molecule has 1 aliphatic rings. The number of nitrogens with one attached hydrogen (secondary N) is 1. The number of benzene rings is 1. The van der Waals surface area contributed by atoms with E-state index in [4.69, 9.17) is 15.3 Å². The number of ether oxygens (including phenoxy) is 1. The molecule has 0 unspecified atom stereocenters. The van der Waals surface area contributed by atoms with Crippen LogP contribution >= 0.6 is 0 Å². The minimum Gasteiger partial charge on any atom is -0.464 e. The Kier molecular flexibility index (Phi) is 6.09. The second-order valence-corrected chi connectivity index (χ2v) is 5.46. The largest absolute Gasteiger partial charge is 0.464 e. The lowest BCUT2D eigenvalue weighted by molar-refractivity contribution is -0.195. The van der Waals surface area contributed by atoms with Crippen molar-refractivity contribution in [3.8, 4) is 0 Å². The number of hydrogen-bond donors (Lipinski definition) is 2. The van der Waals surface area contributed by atoms with E-state index in [0.29, 0.717) is 13.0 Å². The minimum absolute atomic E-state index is 0.286. The van der Waals surface area contributed by atoms with Gasteiger partial charge in [0.2, 0.25) is 5.91 Å². The third-order valence-corrected chi connectivity index (χ3v) is 3.50. The molecule has 1 heterocycles. The molecule has 1 aromatic carbocycles. The van der Waals surface area contributed by atoms with Crippen LogP contribution in [-0.4, -0.2) is 41.9 Å². The van der Waals surface area contributed by atoms with Crippen LogP contribution in [0.2, 0.25) is 0 Å². The Morgan fingerprint density at radius 1 is 1.43 bits per heavy atom. The summed E-state index contributed by atoms with van der Waals surface area (Å²) in [6.45, 7) is 4.08. The minimum atomic E-state index is -0.725. The van der Waals surface area contributed by atoms with Crippen LogP contribution < -0.4 is 11.1 Å². The molecule has 3 N–H and O–H groups in total. The fourth-order valence-electron chi connectivity index (χ4n) is 2.31. The molecule has 7 heteroatoms. The third-order valence-electron chi connectivity index (χ3n) is 3.50. The van der Waals surface area contributed by atoms with Crippen LogP contribution in [0.5, 0.6) is 0 Å². The Bertz CT molecular complexity index is 535. The van der Waals surface area contributed by atoms with E-state index in [0.717, 1.165) is 5.56 Å². The zero-order valence-electron chi connectivity index (χ0n) is 13.4. The lowest BCUT2D eigenvalue weighted by Crippen LogP contribution is -2.48. The van der Waals surface area contributed by atoms with E-state index >= 15 is 0 Å². The second-order valence-electron chi connectivity index (χ2n) is 5.46. The van der Waals surface area contributed by atoms with E-state index in [2.05, 4.69) is 5.32 Å². The van der Waals surface area contributed by atoms with Crippen molar-refractivity contribution < 1.29 is 19.2 Å². The highest BCUT2D eigenvalue weighted by Crippen LogP contribution is 2.23. The van der Waals surface area contributed by atoms with Crippen molar-refractivity contribution in [2.45, 2.75) is 45.1 Å². The molecule has 0 aliphatic carbocycles. The first-order valence-corrected chi connectivity index (χ1v) is 7.71. The number of nitrogens with zero attached hydrogens (tertiary/aromatic N) is 1. The molecular formula is C16H23N3O4. The van der Waals surface area contributed by atoms with E-state index in [1.54, 1.807) is 18.9 Å². The SMILES string of the molecule is CCOC(=O)[C@H]1C[C@@H](NC(=O)[C@H](C)N)N(Cc2ccccc2)O1. The number of hydrogen-bond acceptors (Lipinski definition) is 6. The molecule has 0 saturated carbocycles. The Morgan fingerprint density at radius 3 is 2.74 bits per heavy atom. The van der Waals surface area contributed by atoms with Crippen LogP contribution in [0, 0.1) is 0 Å². The molecule has 0 aromatic heterocycles. The van der Waals surface area contributed by atoms with Crippen LogP contribution in [0.4, 0.5) is 0 Å². The maximum atomic E-state index is 11.9. The normalized spacial score (nSPS) is 22.6. The van der Waals surface area contributed by atoms with Gasteiger partial charge in [-0.1, -0.05) is 30.3 Å². The van der Waals surface area contributed by atoms with Crippen LogP contribution in [-0.2, 0) is 25.7 Å². The quantitative estimate of drug-likeness (QED) is 0.743. The van der Waals surface area contributed by atoms with Gasteiger partial charge in [-0.25, -0.2) is 4.79 Å². The topological polar surface area (TPSA) is 93.9 Å². The van der Waals surface area contributed by atoms with Gasteiger partial charge >= 0.3 is 5.97 Å². The summed E-state index contributed by atoms with van der Waals surface area (Å²) in [4.78, 5) is 29.4. The molecule has 23 heavy (non-hydrogen) atoms. The summed E-state index contributed by atoms with van der Waals surface area (Å²) in [5.74, 6) is -0.718. The molecule has 1 aliphatic heterocycles. The third kappa shape index (κ3) is 4.75. The van der Waals surface area contributed by atoms with Gasteiger partial charge in [-0.15, -0.1) is 0 Å². The molecule has 1 saturated heterocycles. The van der Waals surface area contributed by atoms with Gasteiger partial charge in [0.15, 0.2) is 6.10 Å². The van der Waals surface area contributed by atoms with Gasteiger partial charge in [0.05, 0.1) is 19.2 Å². The summed E-state index contributed by atoms with van der Waals surface area (Å²) in [6.07, 6.45) is -0.829. The van der Waals surface area contributed by atoms with Gasteiger partial charge < -0.3 is 15.8 Å². The van der Waals surface area contributed by atoms with Crippen LogP contribution in [0.3, 0.4) is 0 Å². The summed E-state index contributed by atoms with van der Waals surface area (Å²) >= 11 is 0. The average molecular weight is 321 g/mol. The molecular weight excluding hydrogens is 298 g/mol. The van der Waals surface area contributed by atoms with Crippen molar-refractivity contribution in [3.63, 3.8) is 0 Å². The van der Waals surface area contributed by atoms with E-state index < -0.39 is 24.3 Å². The number of hydroxylamine groups is 2. The molecule has 0 spiro atoms. The van der Waals surface area contributed by atoms with Crippen LogP contribution in [0.1, 0.15) is 25.8 Å². The van der Waals surface area contributed by atoms with E-state index in [1.807, 2.05) is 30.3 Å². The Labute approximate surface area is 135 Å². The first-order valence-electron chi connectivity index (χ1n) is 7.71. The molecule has 1 fully saturated rings. The average Bonchev–Trinajstić information content (AvgIpc) is 2.91. The molecule has 1 aromatic rings. The van der Waals surface area contributed by atoms with Crippen LogP contribution in [0.25, 0.3) is 0 Å². The van der Waals surface area contributed by atoms with Crippen molar-refractivity contribution in [2.24, 2.45) is 5.73 Å². The van der Waals surface area contributed by atoms with Crippen molar-refractivity contribution >= 4 is 11.9 Å². The van der Waals surface area contributed by atoms with E-state index in [1.165, 1.54) is 0 Å². The summed E-state index contributed by atoms with van der Waals surface area (Å²) in [7, 11) is 0. The monoisotopic (exact) mass is 321 g/mol. The zero-order chi connectivity index (χ0) is 16.8. The van der Waals surface area contributed by atoms with Gasteiger partial charge in [-0.2, -0.15) is 5.06 Å². The predicted molar refractivity (Wildman–Crippen MR) is 83.7 cm³/mol. The number of carbonyl (C=O) groups is 2. The lowest BCUT2D eigenvalue weighted by Gasteiger charge is -2.24. The fourth-order valence-corrected chi connectivity index (χ4v) is 2.31. The number of carbonyl (C=O) groups excluding carboxylic acids is 2. The summed E-state index contributed by atoms with van der Waals surface area (Å²) < 4.78 is 5.00. The lowest BCUT2D eigenvalue weighted by atomic mass is 10.2. The van der Waals surface area contributed by atoms with E-state index in [-0.39, 0.29) is 12.5 Å². The smallest absolute Gasteiger partial charge is 0.337 e. The summed E-state index contributed by atoms with van der Waals surface area (Å²) in [5.41, 5.74) is 6.60. The fraction of sp³-hybridized carbons (Fsp3) is 0.500. The Hall–Kier alpha value is -1.96. The van der Waals surface area contributed by atoms with Gasteiger partial charge in [0.1, 0.15) is 6.17 Å². The molecule has 126 valence electrons. The molecule has 2 rings (SSSR count). The summed E-state index contributed by atoms with van der Waals surface area (Å²) in [5, 5.41) is 4.40. The molecule has 7 nitrogen and oxygen atoms in total. The highest BCUT2D eigenvalue weighted by molar-refractivity contribution is 5.81. The summed E-state index contributed by atoms with van der Waals surface area (Å²) in [6, 6.07) is 9.03. The molecule has 0 radical (unpaired) electrons. The number of amides is 1. The van der Waals surface area contributed by atoms with Crippen LogP contribution in [0.15, 0.2) is 30.3 Å². The standard InChI is InChI=1S/C16H23N3O4/c1-3-22-16(21)13-9-14(18-15(20)11(2)17)19(23-13)10-12-7-5-4-6-8-12/h4-8,11,13-14H,3,9-10,17H2,1-2H3,(H,18,20)/t11-,13+,14-/m0/s1. The first kappa shape index (κ1) is 17.4. The highest BCUT2D eigenvalue weighted by atomic mass is 16.7. The molecule has 0 bridgehead atoms. The number of nitrogens with two attached hydrogens (primary N) is 1.